The predicted molar refractivity (Wildman–Crippen MR) is 107 cm³/mol. The van der Waals surface area contributed by atoms with Gasteiger partial charge in [0.25, 0.3) is 0 Å². The highest BCUT2D eigenvalue weighted by molar-refractivity contribution is 5.92. The number of nitrogens with one attached hydrogen (secondary N) is 1. The molecule has 3 aromatic rings. The molecule has 142 valence electrons. The Bertz CT molecular complexity index is 1110. The second-order valence-corrected chi connectivity index (χ2v) is 6.85. The van der Waals surface area contributed by atoms with Gasteiger partial charge in [-0.2, -0.15) is 5.26 Å². The summed E-state index contributed by atoms with van der Waals surface area (Å²) < 4.78 is 11.2. The largest absolute Gasteiger partial charge is 0.496 e. The smallest absolute Gasteiger partial charge is 0.244 e. The molecule has 1 aliphatic heterocycles. The Labute approximate surface area is 163 Å². The predicted octanol–water partition coefficient (Wildman–Crippen LogP) is 4.13. The Morgan fingerprint density at radius 3 is 2.75 bits per heavy atom. The van der Waals surface area contributed by atoms with Crippen LogP contribution in [0.1, 0.15) is 42.5 Å². The van der Waals surface area contributed by atoms with Gasteiger partial charge in [-0.05, 0) is 29.9 Å². The normalized spacial score (nSPS) is 15.8. The maximum atomic E-state index is 9.87. The Kier molecular flexibility index (Phi) is 4.66. The van der Waals surface area contributed by atoms with Crippen molar-refractivity contribution >= 4 is 10.8 Å². The van der Waals surface area contributed by atoms with Gasteiger partial charge in [-0.25, -0.2) is 0 Å². The minimum atomic E-state index is -0.338. The fraction of sp³-hybridized carbons (Fsp3) is 0.273. The van der Waals surface area contributed by atoms with E-state index in [-0.39, 0.29) is 11.8 Å². The first-order chi connectivity index (χ1) is 13.7. The zero-order valence-corrected chi connectivity index (χ0v) is 16.0. The Morgan fingerprint density at radius 1 is 1.25 bits per heavy atom. The molecule has 0 aliphatic carbocycles. The minimum Gasteiger partial charge on any atom is -0.496 e. The number of nitrogens with zero attached hydrogens (tertiary/aromatic N) is 2. The number of rotatable bonds is 5. The van der Waals surface area contributed by atoms with Crippen molar-refractivity contribution in [3.05, 3.63) is 64.7 Å². The van der Waals surface area contributed by atoms with Crippen molar-refractivity contribution in [1.82, 2.24) is 10.2 Å². The third kappa shape index (κ3) is 2.76. The summed E-state index contributed by atoms with van der Waals surface area (Å²) in [7, 11) is 1.66. The minimum absolute atomic E-state index is 0.105. The number of aromatic nitrogens is 2. The maximum Gasteiger partial charge on any atom is 0.244 e. The zero-order chi connectivity index (χ0) is 19.7. The monoisotopic (exact) mass is 374 g/mol. The van der Waals surface area contributed by atoms with Crippen LogP contribution >= 0.6 is 0 Å². The Balaban J connectivity index is 1.98. The second kappa shape index (κ2) is 7.28. The summed E-state index contributed by atoms with van der Waals surface area (Å²) in [5.74, 6) is 1.01. The van der Waals surface area contributed by atoms with E-state index < -0.39 is 0 Å². The van der Waals surface area contributed by atoms with Crippen molar-refractivity contribution in [3.63, 3.8) is 0 Å². The molecule has 0 spiro atoms. The number of hydrogen-bond acceptors (Lipinski definition) is 5. The SMILES string of the molecule is CCCCc1[nH]nc2c1[C@@H](c1ccc(OC)c3ccccc13)C(C#N)=C(N)O2. The summed E-state index contributed by atoms with van der Waals surface area (Å²) in [4.78, 5) is 0. The number of benzene rings is 2. The molecule has 0 unspecified atom stereocenters. The Hall–Kier alpha value is -3.46. The summed E-state index contributed by atoms with van der Waals surface area (Å²) in [6.45, 7) is 2.15. The number of ether oxygens (including phenoxy) is 2. The van der Waals surface area contributed by atoms with Crippen LogP contribution in [0.3, 0.4) is 0 Å². The van der Waals surface area contributed by atoms with Gasteiger partial charge in [0.05, 0.1) is 13.0 Å². The molecule has 28 heavy (non-hydrogen) atoms. The van der Waals surface area contributed by atoms with E-state index in [0.29, 0.717) is 11.5 Å². The van der Waals surface area contributed by atoms with E-state index in [9.17, 15) is 5.26 Å². The zero-order valence-electron chi connectivity index (χ0n) is 16.0. The lowest BCUT2D eigenvalue weighted by atomic mass is 9.81. The second-order valence-electron chi connectivity index (χ2n) is 6.85. The highest BCUT2D eigenvalue weighted by atomic mass is 16.5. The molecule has 0 bridgehead atoms. The molecule has 0 radical (unpaired) electrons. The van der Waals surface area contributed by atoms with Crippen LogP contribution in [0.25, 0.3) is 10.8 Å². The highest BCUT2D eigenvalue weighted by Crippen LogP contribution is 2.46. The standard InChI is InChI=1S/C22H22N4O2/c1-3-4-9-17-20-19(16(12-23)21(24)28-22(20)26-25-17)15-10-11-18(27-2)14-8-6-5-7-13(14)15/h5-8,10-11,19H,3-4,9,24H2,1-2H3,(H,25,26)/t19-/m0/s1. The van der Waals surface area contributed by atoms with Crippen LogP contribution in [0, 0.1) is 11.3 Å². The lowest BCUT2D eigenvalue weighted by Gasteiger charge is -2.25. The number of hydrogen-bond donors (Lipinski definition) is 2. The van der Waals surface area contributed by atoms with Gasteiger partial charge < -0.3 is 15.2 Å². The van der Waals surface area contributed by atoms with Crippen LogP contribution < -0.4 is 15.2 Å². The van der Waals surface area contributed by atoms with Gasteiger partial charge in [0, 0.05) is 16.6 Å². The molecule has 0 saturated carbocycles. The molecule has 0 fully saturated rings. The molecule has 1 aromatic heterocycles. The molecular weight excluding hydrogens is 352 g/mol. The Morgan fingerprint density at radius 2 is 2.04 bits per heavy atom. The molecule has 6 heteroatoms. The van der Waals surface area contributed by atoms with Gasteiger partial charge in [0.2, 0.25) is 11.8 Å². The fourth-order valence-electron chi connectivity index (χ4n) is 3.89. The number of H-pyrrole nitrogens is 1. The number of fused-ring (bicyclic) bond motifs is 2. The van der Waals surface area contributed by atoms with E-state index in [2.05, 4.69) is 23.2 Å². The van der Waals surface area contributed by atoms with E-state index in [1.165, 1.54) is 0 Å². The first-order valence-electron chi connectivity index (χ1n) is 9.39. The number of aryl methyl sites for hydroxylation is 1. The van der Waals surface area contributed by atoms with Crippen molar-refractivity contribution in [2.45, 2.75) is 32.1 Å². The quantitative estimate of drug-likeness (QED) is 0.700. The van der Waals surface area contributed by atoms with Gasteiger partial charge in [-0.3, -0.25) is 5.10 Å². The van der Waals surface area contributed by atoms with Crippen LogP contribution in [0.4, 0.5) is 0 Å². The fourth-order valence-corrected chi connectivity index (χ4v) is 3.89. The summed E-state index contributed by atoms with van der Waals surface area (Å²) in [6, 6.07) is 14.2. The van der Waals surface area contributed by atoms with Gasteiger partial charge in [-0.1, -0.05) is 43.7 Å². The molecule has 0 amide bonds. The highest BCUT2D eigenvalue weighted by Gasteiger charge is 2.35. The molecule has 6 nitrogen and oxygen atoms in total. The summed E-state index contributed by atoms with van der Waals surface area (Å²) in [6.07, 6.45) is 2.92. The van der Waals surface area contributed by atoms with Crippen LogP contribution in [0.5, 0.6) is 11.6 Å². The third-order valence-electron chi connectivity index (χ3n) is 5.25. The molecule has 3 N–H and O–H groups in total. The van der Waals surface area contributed by atoms with E-state index in [0.717, 1.165) is 52.6 Å². The van der Waals surface area contributed by atoms with Crippen LogP contribution in [-0.2, 0) is 6.42 Å². The number of allylic oxidation sites excluding steroid dienone is 1. The van der Waals surface area contributed by atoms with E-state index >= 15 is 0 Å². The number of unbranched alkanes of at least 4 members (excludes halogenated alkanes) is 1. The average Bonchev–Trinajstić information content (AvgIpc) is 3.12. The van der Waals surface area contributed by atoms with Gasteiger partial charge in [0.1, 0.15) is 17.4 Å². The average molecular weight is 374 g/mol. The van der Waals surface area contributed by atoms with E-state index in [4.69, 9.17) is 15.2 Å². The third-order valence-corrected chi connectivity index (χ3v) is 5.25. The van der Waals surface area contributed by atoms with Crippen LogP contribution in [0.2, 0.25) is 0 Å². The lowest BCUT2D eigenvalue weighted by molar-refractivity contribution is 0.379. The topological polar surface area (TPSA) is 97.0 Å². The summed E-state index contributed by atoms with van der Waals surface area (Å²) in [5, 5.41) is 19.3. The van der Waals surface area contributed by atoms with E-state index in [1.807, 2.05) is 36.4 Å². The van der Waals surface area contributed by atoms with Crippen molar-refractivity contribution < 1.29 is 9.47 Å². The molecule has 4 rings (SSSR count). The molecular formula is C22H22N4O2. The first kappa shape index (κ1) is 17.9. The van der Waals surface area contributed by atoms with Gasteiger partial charge >= 0.3 is 0 Å². The van der Waals surface area contributed by atoms with Gasteiger partial charge in [0.15, 0.2) is 0 Å². The first-order valence-corrected chi connectivity index (χ1v) is 9.39. The number of methoxy groups -OCH3 is 1. The number of nitriles is 1. The van der Waals surface area contributed by atoms with Gasteiger partial charge in [-0.15, -0.1) is 5.10 Å². The molecule has 2 aromatic carbocycles. The van der Waals surface area contributed by atoms with Crippen molar-refractivity contribution in [2.24, 2.45) is 5.73 Å². The summed E-state index contributed by atoms with van der Waals surface area (Å²) >= 11 is 0. The number of aromatic amines is 1. The van der Waals surface area contributed by atoms with E-state index in [1.54, 1.807) is 7.11 Å². The maximum absolute atomic E-state index is 9.87. The van der Waals surface area contributed by atoms with Crippen LogP contribution in [-0.4, -0.2) is 17.3 Å². The molecule has 2 heterocycles. The van der Waals surface area contributed by atoms with Crippen molar-refractivity contribution in [3.8, 4) is 17.7 Å². The van der Waals surface area contributed by atoms with Crippen LogP contribution in [0.15, 0.2) is 47.9 Å². The molecule has 1 aliphatic rings. The summed E-state index contributed by atoms with van der Waals surface area (Å²) in [5.41, 5.74) is 9.37. The van der Waals surface area contributed by atoms with Crippen molar-refractivity contribution in [2.75, 3.05) is 7.11 Å². The van der Waals surface area contributed by atoms with Crippen molar-refractivity contribution in [1.29, 1.82) is 5.26 Å². The lowest BCUT2D eigenvalue weighted by Crippen LogP contribution is -2.21. The molecule has 0 saturated heterocycles. The molecule has 1 atom stereocenters. The number of nitrogens with two attached hydrogens (primary N) is 1.